The topological polar surface area (TPSA) is 41.6 Å². The minimum atomic E-state index is 0. The predicted octanol–water partition coefficient (Wildman–Crippen LogP) is 1.29. The van der Waals surface area contributed by atoms with Gasteiger partial charge in [0.15, 0.2) is 0 Å². The maximum absolute atomic E-state index is 11.8. The van der Waals surface area contributed by atoms with E-state index in [4.69, 9.17) is 4.74 Å². The van der Waals surface area contributed by atoms with Crippen molar-refractivity contribution in [2.24, 2.45) is 0 Å². The van der Waals surface area contributed by atoms with Crippen LogP contribution in [-0.4, -0.2) is 50.7 Å². The molecule has 0 spiro atoms. The fourth-order valence-corrected chi connectivity index (χ4v) is 1.68. The zero-order valence-electron chi connectivity index (χ0n) is 10.8. The molecule has 0 aromatic rings. The molecule has 0 unspecified atom stereocenters. The fraction of sp³-hybridized carbons (Fsp3) is 0.909. The van der Waals surface area contributed by atoms with Crippen molar-refractivity contribution in [3.8, 4) is 0 Å². The monoisotopic (exact) mass is 252 g/mol. The molecule has 0 bridgehead atoms. The van der Waals surface area contributed by atoms with Crippen LogP contribution in [0.4, 0.5) is 0 Å². The first-order chi connectivity index (χ1) is 7.21. The number of carbonyl (C=O) groups excluding carboxylic acids is 1. The van der Waals surface area contributed by atoms with Crippen LogP contribution < -0.4 is 5.32 Å². The van der Waals surface area contributed by atoms with Crippen molar-refractivity contribution in [2.75, 3.05) is 33.9 Å². The van der Waals surface area contributed by atoms with Gasteiger partial charge in [-0.05, 0) is 19.9 Å². The van der Waals surface area contributed by atoms with Crippen molar-refractivity contribution in [2.45, 2.75) is 32.7 Å². The van der Waals surface area contributed by atoms with Gasteiger partial charge in [0.2, 0.25) is 5.91 Å². The molecule has 0 heterocycles. The van der Waals surface area contributed by atoms with E-state index < -0.39 is 0 Å². The van der Waals surface area contributed by atoms with E-state index in [9.17, 15) is 4.79 Å². The van der Waals surface area contributed by atoms with E-state index in [1.54, 1.807) is 14.2 Å². The molecule has 98 valence electrons. The number of methoxy groups -OCH3 is 1. The van der Waals surface area contributed by atoms with Crippen LogP contribution in [0.3, 0.4) is 0 Å². The van der Waals surface area contributed by atoms with Gasteiger partial charge in [-0.1, -0.05) is 13.8 Å². The first-order valence-corrected chi connectivity index (χ1v) is 5.64. The lowest BCUT2D eigenvalue weighted by molar-refractivity contribution is -0.133. The number of ether oxygens (including phenoxy) is 1. The molecule has 1 amide bonds. The van der Waals surface area contributed by atoms with Crippen molar-refractivity contribution >= 4 is 18.3 Å². The lowest BCUT2D eigenvalue weighted by Crippen LogP contribution is -2.45. The SMILES string of the molecule is CCC(CC)N(CCOC)C(=O)CNC.Cl. The summed E-state index contributed by atoms with van der Waals surface area (Å²) in [5, 5.41) is 2.90. The van der Waals surface area contributed by atoms with Gasteiger partial charge in [-0.3, -0.25) is 4.79 Å². The second kappa shape index (κ2) is 11.2. The van der Waals surface area contributed by atoms with Gasteiger partial charge in [-0.25, -0.2) is 0 Å². The van der Waals surface area contributed by atoms with E-state index in [0.717, 1.165) is 12.8 Å². The van der Waals surface area contributed by atoms with E-state index in [0.29, 0.717) is 25.7 Å². The summed E-state index contributed by atoms with van der Waals surface area (Å²) < 4.78 is 5.03. The lowest BCUT2D eigenvalue weighted by atomic mass is 10.1. The van der Waals surface area contributed by atoms with Gasteiger partial charge in [-0.2, -0.15) is 0 Å². The minimum absolute atomic E-state index is 0. The summed E-state index contributed by atoms with van der Waals surface area (Å²) >= 11 is 0. The van der Waals surface area contributed by atoms with Crippen LogP contribution in [0.25, 0.3) is 0 Å². The van der Waals surface area contributed by atoms with E-state index in [2.05, 4.69) is 19.2 Å². The van der Waals surface area contributed by atoms with E-state index in [1.807, 2.05) is 4.90 Å². The Kier molecular flexibility index (Phi) is 12.6. The Morgan fingerprint density at radius 1 is 1.38 bits per heavy atom. The third-order valence-corrected chi connectivity index (χ3v) is 2.57. The number of carbonyl (C=O) groups is 1. The number of nitrogens with zero attached hydrogens (tertiary/aromatic N) is 1. The maximum atomic E-state index is 11.8. The molecular formula is C11H25ClN2O2. The largest absolute Gasteiger partial charge is 0.383 e. The molecule has 0 saturated carbocycles. The number of halogens is 1. The smallest absolute Gasteiger partial charge is 0.236 e. The van der Waals surface area contributed by atoms with E-state index in [-0.39, 0.29) is 18.3 Å². The Morgan fingerprint density at radius 2 is 1.94 bits per heavy atom. The van der Waals surface area contributed by atoms with Crippen molar-refractivity contribution in [1.82, 2.24) is 10.2 Å². The molecule has 16 heavy (non-hydrogen) atoms. The molecule has 0 atom stereocenters. The van der Waals surface area contributed by atoms with Crippen LogP contribution in [0.1, 0.15) is 26.7 Å². The third kappa shape index (κ3) is 6.30. The summed E-state index contributed by atoms with van der Waals surface area (Å²) in [6, 6.07) is 0.334. The average molecular weight is 253 g/mol. The molecule has 5 heteroatoms. The molecule has 0 rings (SSSR count). The summed E-state index contributed by atoms with van der Waals surface area (Å²) in [4.78, 5) is 13.7. The lowest BCUT2D eigenvalue weighted by Gasteiger charge is -2.30. The van der Waals surface area contributed by atoms with Gasteiger partial charge in [0.25, 0.3) is 0 Å². The molecule has 0 aromatic carbocycles. The highest BCUT2D eigenvalue weighted by atomic mass is 35.5. The highest BCUT2D eigenvalue weighted by molar-refractivity contribution is 5.85. The molecule has 1 N–H and O–H groups in total. The predicted molar refractivity (Wildman–Crippen MR) is 69.1 cm³/mol. The minimum Gasteiger partial charge on any atom is -0.383 e. The first-order valence-electron chi connectivity index (χ1n) is 5.64. The standard InChI is InChI=1S/C11H24N2O2.ClH/c1-5-10(6-2)13(7-8-15-4)11(14)9-12-3;/h10,12H,5-9H2,1-4H3;1H. The van der Waals surface area contributed by atoms with Gasteiger partial charge < -0.3 is 15.0 Å². The number of nitrogens with one attached hydrogen (secondary N) is 1. The second-order valence-electron chi connectivity index (χ2n) is 3.58. The zero-order chi connectivity index (χ0) is 11.7. The highest BCUT2D eigenvalue weighted by Crippen LogP contribution is 2.08. The van der Waals surface area contributed by atoms with Crippen LogP contribution >= 0.6 is 12.4 Å². The number of hydrogen-bond acceptors (Lipinski definition) is 3. The normalized spacial score (nSPS) is 10.1. The van der Waals surface area contributed by atoms with Gasteiger partial charge in [0.1, 0.15) is 0 Å². The van der Waals surface area contributed by atoms with Crippen LogP contribution in [0, 0.1) is 0 Å². The molecule has 0 aliphatic heterocycles. The number of likely N-dealkylation sites (N-methyl/N-ethyl adjacent to an activating group) is 1. The zero-order valence-corrected chi connectivity index (χ0v) is 11.6. The van der Waals surface area contributed by atoms with E-state index >= 15 is 0 Å². The van der Waals surface area contributed by atoms with Gasteiger partial charge in [0, 0.05) is 19.7 Å². The summed E-state index contributed by atoms with van der Waals surface area (Å²) in [5.74, 6) is 0.156. The van der Waals surface area contributed by atoms with Crippen LogP contribution in [0.15, 0.2) is 0 Å². The molecule has 0 aliphatic carbocycles. The Hall–Kier alpha value is -0.320. The highest BCUT2D eigenvalue weighted by Gasteiger charge is 2.19. The van der Waals surface area contributed by atoms with E-state index in [1.165, 1.54) is 0 Å². The van der Waals surface area contributed by atoms with Crippen LogP contribution in [0.5, 0.6) is 0 Å². The summed E-state index contributed by atoms with van der Waals surface area (Å²) in [6.07, 6.45) is 1.99. The Labute approximate surface area is 105 Å². The fourth-order valence-electron chi connectivity index (χ4n) is 1.68. The summed E-state index contributed by atoms with van der Waals surface area (Å²) in [6.45, 7) is 5.91. The van der Waals surface area contributed by atoms with Crippen molar-refractivity contribution in [1.29, 1.82) is 0 Å². The molecule has 0 saturated heterocycles. The Bertz CT molecular complexity index is 175. The quantitative estimate of drug-likeness (QED) is 0.708. The molecule has 0 aliphatic rings. The maximum Gasteiger partial charge on any atom is 0.236 e. The molecule has 4 nitrogen and oxygen atoms in total. The van der Waals surface area contributed by atoms with Gasteiger partial charge in [-0.15, -0.1) is 12.4 Å². The molecule has 0 fully saturated rings. The number of amides is 1. The average Bonchev–Trinajstić information content (AvgIpc) is 2.24. The van der Waals surface area contributed by atoms with Crippen molar-refractivity contribution in [3.05, 3.63) is 0 Å². The van der Waals surface area contributed by atoms with Crippen LogP contribution in [0.2, 0.25) is 0 Å². The van der Waals surface area contributed by atoms with Crippen LogP contribution in [-0.2, 0) is 9.53 Å². The Morgan fingerprint density at radius 3 is 2.31 bits per heavy atom. The van der Waals surface area contributed by atoms with Gasteiger partial charge in [0.05, 0.1) is 13.2 Å². The molecule has 0 radical (unpaired) electrons. The Balaban J connectivity index is 0. The second-order valence-corrected chi connectivity index (χ2v) is 3.58. The molecule has 0 aromatic heterocycles. The number of rotatable bonds is 8. The van der Waals surface area contributed by atoms with Gasteiger partial charge >= 0.3 is 0 Å². The van der Waals surface area contributed by atoms with Crippen molar-refractivity contribution in [3.63, 3.8) is 0 Å². The van der Waals surface area contributed by atoms with Crippen molar-refractivity contribution < 1.29 is 9.53 Å². The summed E-state index contributed by atoms with van der Waals surface area (Å²) in [7, 11) is 3.45. The third-order valence-electron chi connectivity index (χ3n) is 2.57. The number of hydrogen-bond donors (Lipinski definition) is 1. The summed E-state index contributed by atoms with van der Waals surface area (Å²) in [5.41, 5.74) is 0. The first kappa shape index (κ1) is 18.1. The molecular weight excluding hydrogens is 228 g/mol.